The van der Waals surface area contributed by atoms with Crippen molar-refractivity contribution in [2.24, 2.45) is 0 Å². The van der Waals surface area contributed by atoms with Crippen LogP contribution in [0.3, 0.4) is 0 Å². The fourth-order valence-corrected chi connectivity index (χ4v) is 3.79. The van der Waals surface area contributed by atoms with Crippen molar-refractivity contribution in [2.45, 2.75) is 19.1 Å². The standard InChI is InChI=1S/C22H15F4N5O2/c1-12-11-30(16-4-2-14(3-5-16)22(24,25)26)21(32)20-17(10-28-31(12)20)19-7-18(29-33-19)13-6-15(23)9-27-8-13/h2-10,12H,11H2,1H3. The highest BCUT2D eigenvalue weighted by molar-refractivity contribution is 6.09. The van der Waals surface area contributed by atoms with Gasteiger partial charge in [-0.2, -0.15) is 18.3 Å². The number of carbonyl (C=O) groups is 1. The maximum Gasteiger partial charge on any atom is 0.416 e. The van der Waals surface area contributed by atoms with Gasteiger partial charge in [0.1, 0.15) is 17.2 Å². The third kappa shape index (κ3) is 3.65. The van der Waals surface area contributed by atoms with E-state index in [2.05, 4.69) is 15.2 Å². The molecule has 0 aliphatic carbocycles. The molecule has 1 atom stereocenters. The van der Waals surface area contributed by atoms with E-state index in [4.69, 9.17) is 4.52 Å². The number of hydrogen-bond acceptors (Lipinski definition) is 5. The molecule has 1 aliphatic heterocycles. The number of anilines is 1. The number of aromatic nitrogens is 4. The quantitative estimate of drug-likeness (QED) is 0.406. The molecule has 0 saturated carbocycles. The van der Waals surface area contributed by atoms with Crippen LogP contribution >= 0.6 is 0 Å². The topological polar surface area (TPSA) is 77.1 Å². The molecule has 5 rings (SSSR count). The molecule has 1 aromatic carbocycles. The van der Waals surface area contributed by atoms with Gasteiger partial charge in [0.15, 0.2) is 5.76 Å². The lowest BCUT2D eigenvalue weighted by molar-refractivity contribution is -0.137. The Kier molecular flexibility index (Phi) is 4.76. The van der Waals surface area contributed by atoms with Gasteiger partial charge in [0.05, 0.1) is 29.6 Å². The molecule has 168 valence electrons. The lowest BCUT2D eigenvalue weighted by atomic mass is 10.1. The lowest BCUT2D eigenvalue weighted by Crippen LogP contribution is -2.42. The first-order valence-corrected chi connectivity index (χ1v) is 9.87. The Morgan fingerprint density at radius 1 is 1.09 bits per heavy atom. The van der Waals surface area contributed by atoms with Crippen molar-refractivity contribution >= 4 is 11.6 Å². The average Bonchev–Trinajstić information content (AvgIpc) is 3.43. The highest BCUT2D eigenvalue weighted by Gasteiger charge is 2.36. The zero-order valence-electron chi connectivity index (χ0n) is 17.0. The van der Waals surface area contributed by atoms with Crippen LogP contribution in [0.1, 0.15) is 29.0 Å². The van der Waals surface area contributed by atoms with Crippen molar-refractivity contribution in [3.8, 4) is 22.6 Å². The number of halogens is 4. The normalized spacial score (nSPS) is 16.2. The molecule has 1 unspecified atom stereocenters. The van der Waals surface area contributed by atoms with E-state index in [0.29, 0.717) is 22.5 Å². The monoisotopic (exact) mass is 457 g/mol. The molecular formula is C22H15F4N5O2. The van der Waals surface area contributed by atoms with Crippen molar-refractivity contribution in [3.63, 3.8) is 0 Å². The summed E-state index contributed by atoms with van der Waals surface area (Å²) in [7, 11) is 0. The van der Waals surface area contributed by atoms with Crippen LogP contribution in [0, 0.1) is 5.82 Å². The Morgan fingerprint density at radius 2 is 1.85 bits per heavy atom. The maximum atomic E-state index is 13.5. The molecule has 0 spiro atoms. The summed E-state index contributed by atoms with van der Waals surface area (Å²) in [4.78, 5) is 18.5. The second-order valence-electron chi connectivity index (χ2n) is 7.63. The third-order valence-electron chi connectivity index (χ3n) is 5.39. The van der Waals surface area contributed by atoms with E-state index in [1.165, 1.54) is 35.5 Å². The minimum Gasteiger partial charge on any atom is -0.356 e. The Hall–Kier alpha value is -4.02. The van der Waals surface area contributed by atoms with Gasteiger partial charge in [0, 0.05) is 30.1 Å². The molecule has 0 fully saturated rings. The van der Waals surface area contributed by atoms with Crippen LogP contribution in [-0.4, -0.2) is 32.4 Å². The number of amides is 1. The molecular weight excluding hydrogens is 442 g/mol. The van der Waals surface area contributed by atoms with Gasteiger partial charge in [-0.1, -0.05) is 5.16 Å². The summed E-state index contributed by atoms with van der Waals surface area (Å²) in [5.41, 5.74) is 0.850. The second-order valence-corrected chi connectivity index (χ2v) is 7.63. The first kappa shape index (κ1) is 20.9. The van der Waals surface area contributed by atoms with Crippen molar-refractivity contribution in [1.29, 1.82) is 0 Å². The smallest absolute Gasteiger partial charge is 0.356 e. The van der Waals surface area contributed by atoms with Crippen LogP contribution in [0.25, 0.3) is 22.6 Å². The second kappa shape index (κ2) is 7.54. The predicted molar refractivity (Wildman–Crippen MR) is 109 cm³/mol. The summed E-state index contributed by atoms with van der Waals surface area (Å²) < 4.78 is 59.2. The first-order valence-electron chi connectivity index (χ1n) is 9.87. The van der Waals surface area contributed by atoms with E-state index in [0.717, 1.165) is 18.3 Å². The summed E-state index contributed by atoms with van der Waals surface area (Å²) in [6, 6.07) is 6.96. The number of nitrogens with zero attached hydrogens (tertiary/aromatic N) is 5. The number of alkyl halides is 3. The highest BCUT2D eigenvalue weighted by Crippen LogP contribution is 2.35. The average molecular weight is 457 g/mol. The van der Waals surface area contributed by atoms with Gasteiger partial charge in [-0.25, -0.2) is 4.39 Å². The van der Waals surface area contributed by atoms with Gasteiger partial charge in [-0.3, -0.25) is 14.5 Å². The summed E-state index contributed by atoms with van der Waals surface area (Å²) in [5.74, 6) is -0.729. The highest BCUT2D eigenvalue weighted by atomic mass is 19.4. The van der Waals surface area contributed by atoms with Crippen LogP contribution < -0.4 is 4.90 Å². The van der Waals surface area contributed by atoms with Crippen LogP contribution in [0.2, 0.25) is 0 Å². The number of pyridine rings is 1. The van der Waals surface area contributed by atoms with E-state index >= 15 is 0 Å². The Bertz CT molecular complexity index is 1340. The van der Waals surface area contributed by atoms with Crippen molar-refractivity contribution in [1.82, 2.24) is 19.9 Å². The lowest BCUT2D eigenvalue weighted by Gasteiger charge is -2.32. The Labute approximate surface area is 184 Å². The van der Waals surface area contributed by atoms with Gasteiger partial charge < -0.3 is 9.42 Å². The maximum absolute atomic E-state index is 13.5. The van der Waals surface area contributed by atoms with E-state index in [1.807, 2.05) is 6.92 Å². The number of hydrogen-bond donors (Lipinski definition) is 0. The summed E-state index contributed by atoms with van der Waals surface area (Å²) >= 11 is 0. The van der Waals surface area contributed by atoms with Gasteiger partial charge in [0.25, 0.3) is 5.91 Å². The van der Waals surface area contributed by atoms with Crippen molar-refractivity contribution in [2.75, 3.05) is 11.4 Å². The SMILES string of the molecule is CC1CN(c2ccc(C(F)(F)F)cc2)C(=O)c2c(-c3cc(-c4cncc(F)c4)no3)cnn21. The van der Waals surface area contributed by atoms with Gasteiger partial charge >= 0.3 is 6.18 Å². The van der Waals surface area contributed by atoms with Crippen LogP contribution in [0.15, 0.2) is 59.5 Å². The number of benzene rings is 1. The minimum absolute atomic E-state index is 0.216. The molecule has 1 aliphatic rings. The molecule has 4 heterocycles. The van der Waals surface area contributed by atoms with Gasteiger partial charge in [0.2, 0.25) is 0 Å². The molecule has 33 heavy (non-hydrogen) atoms. The fourth-order valence-electron chi connectivity index (χ4n) is 3.79. The molecule has 4 aromatic rings. The largest absolute Gasteiger partial charge is 0.416 e. The fraction of sp³-hybridized carbons (Fsp3) is 0.182. The number of rotatable bonds is 3. The molecule has 0 N–H and O–H groups in total. The Morgan fingerprint density at radius 3 is 2.55 bits per heavy atom. The minimum atomic E-state index is -4.47. The zero-order chi connectivity index (χ0) is 23.3. The molecule has 0 radical (unpaired) electrons. The first-order chi connectivity index (χ1) is 15.7. The van der Waals surface area contributed by atoms with Crippen LogP contribution in [0.5, 0.6) is 0 Å². The predicted octanol–water partition coefficient (Wildman–Crippen LogP) is 4.98. The van der Waals surface area contributed by atoms with E-state index in [9.17, 15) is 22.4 Å². The van der Waals surface area contributed by atoms with Gasteiger partial charge in [-0.05, 0) is 37.3 Å². The molecule has 1 amide bonds. The van der Waals surface area contributed by atoms with Crippen molar-refractivity contribution < 1.29 is 26.9 Å². The van der Waals surface area contributed by atoms with E-state index in [-0.39, 0.29) is 24.0 Å². The zero-order valence-corrected chi connectivity index (χ0v) is 17.0. The van der Waals surface area contributed by atoms with Crippen LogP contribution in [0.4, 0.5) is 23.2 Å². The van der Waals surface area contributed by atoms with Crippen LogP contribution in [-0.2, 0) is 6.18 Å². The molecule has 7 nitrogen and oxygen atoms in total. The summed E-state index contributed by atoms with van der Waals surface area (Å²) in [6.45, 7) is 2.07. The number of fused-ring (bicyclic) bond motifs is 1. The molecule has 0 bridgehead atoms. The number of carbonyl (C=O) groups excluding carboxylic acids is 1. The molecule has 11 heteroatoms. The van der Waals surface area contributed by atoms with Gasteiger partial charge in [-0.15, -0.1) is 0 Å². The third-order valence-corrected chi connectivity index (χ3v) is 5.39. The summed E-state index contributed by atoms with van der Waals surface area (Å²) in [6.07, 6.45) is -0.509. The van der Waals surface area contributed by atoms with E-state index < -0.39 is 23.5 Å². The van der Waals surface area contributed by atoms with E-state index in [1.54, 1.807) is 10.7 Å². The summed E-state index contributed by atoms with van der Waals surface area (Å²) in [5, 5.41) is 8.23. The Balaban J connectivity index is 1.50. The molecule has 0 saturated heterocycles. The molecule has 3 aromatic heterocycles. The van der Waals surface area contributed by atoms with Crippen molar-refractivity contribution in [3.05, 3.63) is 72.1 Å².